The van der Waals surface area contributed by atoms with Crippen LogP contribution in [0.3, 0.4) is 0 Å². The first-order chi connectivity index (χ1) is 12.6. The molecule has 7 heteroatoms. The van der Waals surface area contributed by atoms with Gasteiger partial charge in [-0.2, -0.15) is 0 Å². The average molecular weight is 376 g/mol. The van der Waals surface area contributed by atoms with Crippen molar-refractivity contribution >= 4 is 22.4 Å². The van der Waals surface area contributed by atoms with E-state index in [1.807, 2.05) is 12.1 Å². The minimum atomic E-state index is -0.0372. The Balaban J connectivity index is 1.63. The molecule has 0 unspecified atom stereocenters. The summed E-state index contributed by atoms with van der Waals surface area (Å²) in [5.74, 6) is 1.70. The molecule has 1 amide bonds. The molecule has 0 saturated carbocycles. The van der Waals surface area contributed by atoms with Crippen LogP contribution < -0.4 is 19.5 Å². The third-order valence-corrected chi connectivity index (χ3v) is 5.53. The van der Waals surface area contributed by atoms with E-state index in [-0.39, 0.29) is 5.91 Å². The van der Waals surface area contributed by atoms with Gasteiger partial charge in [0.05, 0.1) is 27.0 Å². The van der Waals surface area contributed by atoms with Crippen LogP contribution in [-0.2, 0) is 24.1 Å². The lowest BCUT2D eigenvalue weighted by Gasteiger charge is -2.14. The topological polar surface area (TPSA) is 69.7 Å². The van der Waals surface area contributed by atoms with Crippen LogP contribution in [0.1, 0.15) is 35.4 Å². The van der Waals surface area contributed by atoms with Gasteiger partial charge >= 0.3 is 0 Å². The van der Waals surface area contributed by atoms with Gasteiger partial charge in [0.25, 0.3) is 0 Å². The van der Waals surface area contributed by atoms with Crippen molar-refractivity contribution in [2.24, 2.45) is 0 Å². The van der Waals surface area contributed by atoms with E-state index in [0.29, 0.717) is 35.2 Å². The van der Waals surface area contributed by atoms with Crippen LogP contribution in [0.2, 0.25) is 0 Å². The molecule has 1 aromatic carbocycles. The number of nitrogens with one attached hydrogen (secondary N) is 1. The third kappa shape index (κ3) is 4.09. The molecule has 1 aliphatic rings. The summed E-state index contributed by atoms with van der Waals surface area (Å²) in [6, 6.07) is 3.74. The predicted molar refractivity (Wildman–Crippen MR) is 102 cm³/mol. The van der Waals surface area contributed by atoms with E-state index < -0.39 is 0 Å². The first kappa shape index (κ1) is 18.5. The number of benzene rings is 1. The lowest BCUT2D eigenvalue weighted by Crippen LogP contribution is -2.12. The SMILES string of the molecule is COc1cc(CCC(=O)Nc2nc3c(s2)CCCC3)cc(OC)c1OC. The van der Waals surface area contributed by atoms with Crippen molar-refractivity contribution in [2.75, 3.05) is 26.6 Å². The fourth-order valence-electron chi connectivity index (χ4n) is 3.12. The van der Waals surface area contributed by atoms with Crippen molar-refractivity contribution in [3.63, 3.8) is 0 Å². The quantitative estimate of drug-likeness (QED) is 0.799. The number of hydrogen-bond acceptors (Lipinski definition) is 6. The number of aryl methyl sites for hydroxylation is 3. The van der Waals surface area contributed by atoms with E-state index in [1.165, 1.54) is 17.7 Å². The molecule has 0 saturated heterocycles. The van der Waals surface area contributed by atoms with Crippen molar-refractivity contribution in [1.82, 2.24) is 4.98 Å². The molecule has 3 rings (SSSR count). The summed E-state index contributed by atoms with van der Waals surface area (Å²) in [5.41, 5.74) is 2.11. The molecule has 6 nitrogen and oxygen atoms in total. The summed E-state index contributed by atoms with van der Waals surface area (Å²) >= 11 is 1.60. The van der Waals surface area contributed by atoms with Gasteiger partial charge in [0.15, 0.2) is 16.6 Å². The van der Waals surface area contributed by atoms with Gasteiger partial charge in [-0.3, -0.25) is 4.79 Å². The minimum absolute atomic E-state index is 0.0372. The number of anilines is 1. The van der Waals surface area contributed by atoms with Gasteiger partial charge in [-0.15, -0.1) is 11.3 Å². The summed E-state index contributed by atoms with van der Waals surface area (Å²) in [7, 11) is 4.73. The van der Waals surface area contributed by atoms with Crippen molar-refractivity contribution < 1.29 is 19.0 Å². The van der Waals surface area contributed by atoms with Crippen LogP contribution in [0.25, 0.3) is 0 Å². The van der Waals surface area contributed by atoms with Gasteiger partial charge in [0, 0.05) is 11.3 Å². The largest absolute Gasteiger partial charge is 0.493 e. The number of rotatable bonds is 7. The average Bonchev–Trinajstić information content (AvgIpc) is 3.07. The zero-order chi connectivity index (χ0) is 18.5. The van der Waals surface area contributed by atoms with Gasteiger partial charge in [-0.05, 0) is 49.8 Å². The lowest BCUT2D eigenvalue weighted by atomic mass is 10.0. The number of amides is 1. The summed E-state index contributed by atoms with van der Waals surface area (Å²) in [4.78, 5) is 18.2. The number of carbonyl (C=O) groups excluding carboxylic acids is 1. The van der Waals surface area contributed by atoms with Crippen molar-refractivity contribution in [1.29, 1.82) is 0 Å². The molecule has 1 aliphatic carbocycles. The number of methoxy groups -OCH3 is 3. The standard InChI is InChI=1S/C19H24N2O4S/c1-23-14-10-12(11-15(24-2)18(14)25-3)8-9-17(22)21-19-20-13-6-4-5-7-16(13)26-19/h10-11H,4-9H2,1-3H3,(H,20,21,22). The first-order valence-corrected chi connectivity index (χ1v) is 9.53. The number of aromatic nitrogens is 1. The highest BCUT2D eigenvalue weighted by molar-refractivity contribution is 7.15. The monoisotopic (exact) mass is 376 g/mol. The molecule has 26 heavy (non-hydrogen) atoms. The lowest BCUT2D eigenvalue weighted by molar-refractivity contribution is -0.116. The molecule has 2 aromatic rings. The van der Waals surface area contributed by atoms with Gasteiger partial charge in [0.1, 0.15) is 0 Å². The number of fused-ring (bicyclic) bond motifs is 1. The Kier molecular flexibility index (Phi) is 5.98. The van der Waals surface area contributed by atoms with Crippen LogP contribution in [0.5, 0.6) is 17.2 Å². The first-order valence-electron chi connectivity index (χ1n) is 8.72. The second-order valence-electron chi connectivity index (χ2n) is 6.18. The maximum Gasteiger partial charge on any atom is 0.226 e. The Hall–Kier alpha value is -2.28. The fraction of sp³-hybridized carbons (Fsp3) is 0.474. The third-order valence-electron chi connectivity index (χ3n) is 4.46. The molecular weight excluding hydrogens is 352 g/mol. The van der Waals surface area contributed by atoms with Crippen LogP contribution >= 0.6 is 11.3 Å². The van der Waals surface area contributed by atoms with Crippen molar-refractivity contribution in [3.05, 3.63) is 28.3 Å². The summed E-state index contributed by atoms with van der Waals surface area (Å²) < 4.78 is 16.0. The summed E-state index contributed by atoms with van der Waals surface area (Å²) in [6.07, 6.45) is 5.44. The van der Waals surface area contributed by atoms with E-state index >= 15 is 0 Å². The van der Waals surface area contributed by atoms with Crippen LogP contribution in [0.4, 0.5) is 5.13 Å². The zero-order valence-electron chi connectivity index (χ0n) is 15.4. The Labute approximate surface area is 157 Å². The van der Waals surface area contributed by atoms with E-state index in [4.69, 9.17) is 14.2 Å². The van der Waals surface area contributed by atoms with Gasteiger partial charge in [0.2, 0.25) is 11.7 Å². The van der Waals surface area contributed by atoms with E-state index in [0.717, 1.165) is 24.1 Å². The normalized spacial score (nSPS) is 13.0. The number of nitrogens with zero attached hydrogens (tertiary/aromatic N) is 1. The maximum absolute atomic E-state index is 12.3. The number of ether oxygens (including phenoxy) is 3. The van der Waals surface area contributed by atoms with Crippen LogP contribution in [0.15, 0.2) is 12.1 Å². The highest BCUT2D eigenvalue weighted by Gasteiger charge is 2.17. The molecule has 1 heterocycles. The molecule has 1 aromatic heterocycles. The van der Waals surface area contributed by atoms with Crippen LogP contribution in [-0.4, -0.2) is 32.2 Å². The number of hydrogen-bond donors (Lipinski definition) is 1. The van der Waals surface area contributed by atoms with E-state index in [9.17, 15) is 4.79 Å². The van der Waals surface area contributed by atoms with E-state index in [1.54, 1.807) is 32.7 Å². The summed E-state index contributed by atoms with van der Waals surface area (Å²) in [5, 5.41) is 3.65. The molecule has 140 valence electrons. The highest BCUT2D eigenvalue weighted by Crippen LogP contribution is 2.38. The highest BCUT2D eigenvalue weighted by atomic mass is 32.1. The van der Waals surface area contributed by atoms with Gasteiger partial charge in [-0.25, -0.2) is 4.98 Å². The molecule has 0 fully saturated rings. The van der Waals surface area contributed by atoms with Gasteiger partial charge < -0.3 is 19.5 Å². The van der Waals surface area contributed by atoms with Crippen molar-refractivity contribution in [3.8, 4) is 17.2 Å². The zero-order valence-corrected chi connectivity index (χ0v) is 16.2. The van der Waals surface area contributed by atoms with E-state index in [2.05, 4.69) is 10.3 Å². The summed E-state index contributed by atoms with van der Waals surface area (Å²) in [6.45, 7) is 0. The Bertz CT molecular complexity index is 739. The molecule has 0 atom stereocenters. The minimum Gasteiger partial charge on any atom is -0.493 e. The molecule has 0 spiro atoms. The molecule has 0 bridgehead atoms. The van der Waals surface area contributed by atoms with Crippen molar-refractivity contribution in [2.45, 2.75) is 38.5 Å². The molecule has 0 aliphatic heterocycles. The van der Waals surface area contributed by atoms with Gasteiger partial charge in [-0.1, -0.05) is 0 Å². The molecule has 0 radical (unpaired) electrons. The number of thiazole rings is 1. The Morgan fingerprint density at radius 1 is 1.12 bits per heavy atom. The molecular formula is C19H24N2O4S. The molecule has 1 N–H and O–H groups in total. The smallest absolute Gasteiger partial charge is 0.226 e. The Morgan fingerprint density at radius 3 is 2.42 bits per heavy atom. The second-order valence-corrected chi connectivity index (χ2v) is 7.26. The maximum atomic E-state index is 12.3. The predicted octanol–water partition coefficient (Wildman–Crippen LogP) is 3.62. The van der Waals surface area contributed by atoms with Crippen LogP contribution in [0, 0.1) is 0 Å². The Morgan fingerprint density at radius 2 is 1.81 bits per heavy atom. The second kappa shape index (κ2) is 8.40. The number of carbonyl (C=O) groups is 1. The fourth-order valence-corrected chi connectivity index (χ4v) is 4.19.